The second kappa shape index (κ2) is 10.5. The Balaban J connectivity index is 1.24. The molecule has 2 aromatic carbocycles. The smallest absolute Gasteiger partial charge is 0.244 e. The molecule has 0 atom stereocenters. The number of ether oxygens (including phenoxy) is 1. The van der Waals surface area contributed by atoms with Crippen molar-refractivity contribution in [2.24, 2.45) is 0 Å². The summed E-state index contributed by atoms with van der Waals surface area (Å²) < 4.78 is 6.49. The van der Waals surface area contributed by atoms with Gasteiger partial charge in [0.1, 0.15) is 5.52 Å². The van der Waals surface area contributed by atoms with E-state index in [9.17, 15) is 4.79 Å². The fourth-order valence-electron chi connectivity index (χ4n) is 3.60. The van der Waals surface area contributed by atoms with Crippen LogP contribution in [0.1, 0.15) is 5.56 Å². The number of carbonyl (C=O) groups is 1. The number of anilines is 1. The third-order valence-electron chi connectivity index (χ3n) is 5.35. The number of methoxy groups -OCH3 is 1. The quantitative estimate of drug-likeness (QED) is 0.491. The van der Waals surface area contributed by atoms with Crippen molar-refractivity contribution in [3.8, 4) is 5.75 Å². The molecule has 9 heteroatoms. The number of aromatic nitrogens is 1. The molecule has 0 unspecified atom stereocenters. The van der Waals surface area contributed by atoms with Crippen LogP contribution in [0.15, 0.2) is 42.5 Å². The van der Waals surface area contributed by atoms with Crippen LogP contribution >= 0.6 is 34.5 Å². The van der Waals surface area contributed by atoms with Crippen molar-refractivity contribution >= 4 is 61.9 Å². The maximum absolute atomic E-state index is 12.1. The summed E-state index contributed by atoms with van der Waals surface area (Å²) in [6.45, 7) is 5.01. The number of fused-ring (bicyclic) bond motifs is 1. The molecular formula is C23H24Cl2N4O2S. The summed E-state index contributed by atoms with van der Waals surface area (Å²) in [5, 5.41) is 5.13. The zero-order chi connectivity index (χ0) is 22.5. The van der Waals surface area contributed by atoms with Gasteiger partial charge in [0.2, 0.25) is 5.91 Å². The highest BCUT2D eigenvalue weighted by atomic mass is 35.5. The van der Waals surface area contributed by atoms with Crippen molar-refractivity contribution in [2.75, 3.05) is 51.3 Å². The van der Waals surface area contributed by atoms with Gasteiger partial charge >= 0.3 is 0 Å². The number of amides is 1. The van der Waals surface area contributed by atoms with E-state index in [0.29, 0.717) is 22.3 Å². The molecule has 2 heterocycles. The number of carbonyl (C=O) groups excluding carboxylic acids is 1. The summed E-state index contributed by atoms with van der Waals surface area (Å²) in [5.41, 5.74) is 1.64. The fourth-order valence-corrected chi connectivity index (χ4v) is 5.04. The van der Waals surface area contributed by atoms with Gasteiger partial charge in [-0.25, -0.2) is 4.98 Å². The molecule has 4 rings (SSSR count). The SMILES string of the molecule is COc1c(Cl)ccc2sc(N3CCN(CCNC(=O)/C=C/c4ccccc4Cl)CC3)nc12. The van der Waals surface area contributed by atoms with Crippen molar-refractivity contribution in [1.82, 2.24) is 15.2 Å². The number of hydrogen-bond acceptors (Lipinski definition) is 6. The number of thiazole rings is 1. The van der Waals surface area contributed by atoms with Crippen LogP contribution in [-0.2, 0) is 4.79 Å². The van der Waals surface area contributed by atoms with E-state index in [0.717, 1.165) is 53.6 Å². The molecule has 1 saturated heterocycles. The second-order valence-corrected chi connectivity index (χ2v) is 9.22. The molecule has 1 aliphatic rings. The molecule has 0 radical (unpaired) electrons. The lowest BCUT2D eigenvalue weighted by Gasteiger charge is -2.34. The van der Waals surface area contributed by atoms with Gasteiger partial charge in [-0.2, -0.15) is 0 Å². The van der Waals surface area contributed by atoms with Gasteiger partial charge in [-0.1, -0.05) is 52.7 Å². The summed E-state index contributed by atoms with van der Waals surface area (Å²) in [5.74, 6) is 0.510. The monoisotopic (exact) mass is 490 g/mol. The van der Waals surface area contributed by atoms with Gasteiger partial charge in [0.05, 0.1) is 16.8 Å². The van der Waals surface area contributed by atoms with Crippen molar-refractivity contribution < 1.29 is 9.53 Å². The van der Waals surface area contributed by atoms with E-state index in [4.69, 9.17) is 32.9 Å². The van der Waals surface area contributed by atoms with Crippen LogP contribution in [0.2, 0.25) is 10.0 Å². The first-order valence-corrected chi connectivity index (χ1v) is 11.9. The zero-order valence-corrected chi connectivity index (χ0v) is 20.0. The van der Waals surface area contributed by atoms with Crippen LogP contribution in [0.3, 0.4) is 0 Å². The van der Waals surface area contributed by atoms with Crippen LogP contribution in [0, 0.1) is 0 Å². The molecule has 0 saturated carbocycles. The van der Waals surface area contributed by atoms with Gasteiger partial charge in [-0.05, 0) is 29.8 Å². The number of nitrogens with zero attached hydrogens (tertiary/aromatic N) is 3. The van der Waals surface area contributed by atoms with Crippen LogP contribution in [-0.4, -0.2) is 62.2 Å². The molecule has 1 aliphatic heterocycles. The van der Waals surface area contributed by atoms with Crippen LogP contribution in [0.5, 0.6) is 5.75 Å². The van der Waals surface area contributed by atoms with Crippen LogP contribution in [0.4, 0.5) is 5.13 Å². The topological polar surface area (TPSA) is 57.7 Å². The highest BCUT2D eigenvalue weighted by molar-refractivity contribution is 7.22. The first kappa shape index (κ1) is 22.9. The molecule has 1 amide bonds. The summed E-state index contributed by atoms with van der Waals surface area (Å²) >= 11 is 14.0. The predicted octanol–water partition coefficient (Wildman–Crippen LogP) is 4.56. The fraction of sp³-hybridized carbons (Fsp3) is 0.304. The van der Waals surface area contributed by atoms with Gasteiger partial charge in [0, 0.05) is 50.4 Å². The summed E-state index contributed by atoms with van der Waals surface area (Å²) in [7, 11) is 1.61. The minimum atomic E-state index is -0.120. The lowest BCUT2D eigenvalue weighted by atomic mass is 10.2. The van der Waals surface area contributed by atoms with E-state index < -0.39 is 0 Å². The Bertz CT molecular complexity index is 1130. The average molecular weight is 491 g/mol. The predicted molar refractivity (Wildman–Crippen MR) is 133 cm³/mol. The second-order valence-electron chi connectivity index (χ2n) is 7.40. The van der Waals surface area contributed by atoms with Gasteiger partial charge in [0.15, 0.2) is 10.9 Å². The van der Waals surface area contributed by atoms with E-state index >= 15 is 0 Å². The Hall–Kier alpha value is -2.32. The van der Waals surface area contributed by atoms with E-state index in [2.05, 4.69) is 15.1 Å². The zero-order valence-electron chi connectivity index (χ0n) is 17.7. The Morgan fingerprint density at radius 2 is 1.94 bits per heavy atom. The molecule has 32 heavy (non-hydrogen) atoms. The first-order valence-electron chi connectivity index (χ1n) is 10.4. The standard InChI is InChI=1S/C23H24Cl2N4O2S/c1-31-22-18(25)7-8-19-21(22)27-23(32-19)29-14-12-28(13-15-29)11-10-26-20(30)9-6-16-4-2-3-5-17(16)24/h2-9H,10-15H2,1H3,(H,26,30)/b9-6+. The molecule has 0 spiro atoms. The first-order chi connectivity index (χ1) is 15.5. The van der Waals surface area contributed by atoms with Crippen molar-refractivity contribution in [2.45, 2.75) is 0 Å². The highest BCUT2D eigenvalue weighted by Crippen LogP contribution is 2.38. The molecule has 3 aromatic rings. The third-order valence-corrected chi connectivity index (χ3v) is 7.07. The minimum absolute atomic E-state index is 0.120. The Kier molecular flexibility index (Phi) is 7.52. The van der Waals surface area contributed by atoms with Crippen molar-refractivity contribution in [3.63, 3.8) is 0 Å². The molecule has 0 aliphatic carbocycles. The maximum Gasteiger partial charge on any atom is 0.244 e. The lowest BCUT2D eigenvalue weighted by Crippen LogP contribution is -2.48. The van der Waals surface area contributed by atoms with Crippen LogP contribution < -0.4 is 15.0 Å². The highest BCUT2D eigenvalue weighted by Gasteiger charge is 2.21. The number of rotatable bonds is 7. The van der Waals surface area contributed by atoms with Gasteiger partial charge in [-0.3, -0.25) is 9.69 Å². The van der Waals surface area contributed by atoms with E-state index in [-0.39, 0.29) is 5.91 Å². The molecule has 0 bridgehead atoms. The van der Waals surface area contributed by atoms with Crippen molar-refractivity contribution in [3.05, 3.63) is 58.1 Å². The summed E-state index contributed by atoms with van der Waals surface area (Å²) in [6, 6.07) is 11.3. The normalized spacial score (nSPS) is 14.9. The molecule has 6 nitrogen and oxygen atoms in total. The largest absolute Gasteiger partial charge is 0.493 e. The average Bonchev–Trinajstić information content (AvgIpc) is 3.23. The summed E-state index contributed by atoms with van der Waals surface area (Å²) in [6.07, 6.45) is 3.25. The summed E-state index contributed by atoms with van der Waals surface area (Å²) in [4.78, 5) is 21.5. The lowest BCUT2D eigenvalue weighted by molar-refractivity contribution is -0.116. The number of benzene rings is 2. The number of halogens is 2. The van der Waals surface area contributed by atoms with E-state index in [1.165, 1.54) is 6.08 Å². The van der Waals surface area contributed by atoms with Gasteiger partial charge in [0.25, 0.3) is 0 Å². The third kappa shape index (κ3) is 5.35. The Morgan fingerprint density at radius 1 is 1.16 bits per heavy atom. The molecule has 1 aromatic heterocycles. The maximum atomic E-state index is 12.1. The van der Waals surface area contributed by atoms with Crippen LogP contribution in [0.25, 0.3) is 16.3 Å². The number of piperazine rings is 1. The van der Waals surface area contributed by atoms with Gasteiger partial charge in [-0.15, -0.1) is 0 Å². The van der Waals surface area contributed by atoms with E-state index in [1.807, 2.05) is 30.3 Å². The Morgan fingerprint density at radius 3 is 2.69 bits per heavy atom. The molecule has 1 fully saturated rings. The molecule has 1 N–H and O–H groups in total. The minimum Gasteiger partial charge on any atom is -0.493 e. The number of hydrogen-bond donors (Lipinski definition) is 1. The molecule has 168 valence electrons. The Labute approximate surface area is 201 Å². The van der Waals surface area contributed by atoms with E-state index in [1.54, 1.807) is 30.6 Å². The van der Waals surface area contributed by atoms with Crippen molar-refractivity contribution in [1.29, 1.82) is 0 Å². The molecular weight excluding hydrogens is 467 g/mol. The number of nitrogens with one attached hydrogen (secondary N) is 1. The van der Waals surface area contributed by atoms with Gasteiger partial charge < -0.3 is 15.0 Å².